The zero-order valence-corrected chi connectivity index (χ0v) is 9.14. The van der Waals surface area contributed by atoms with Gasteiger partial charge in [-0.25, -0.2) is 0 Å². The molecule has 4 nitrogen and oxygen atoms in total. The average molecular weight is 218 g/mol. The number of anilines is 2. The highest BCUT2D eigenvalue weighted by atomic mass is 16.2. The summed E-state index contributed by atoms with van der Waals surface area (Å²) < 4.78 is 0. The molecule has 1 aromatic carbocycles. The van der Waals surface area contributed by atoms with Crippen LogP contribution in [-0.2, 0) is 9.59 Å². The van der Waals surface area contributed by atoms with Gasteiger partial charge in [-0.1, -0.05) is 6.07 Å². The zero-order valence-electron chi connectivity index (χ0n) is 9.14. The molecule has 1 aliphatic heterocycles. The first-order chi connectivity index (χ1) is 7.72. The predicted octanol–water partition coefficient (Wildman–Crippen LogP) is 1.77. The van der Waals surface area contributed by atoms with E-state index in [-0.39, 0.29) is 11.9 Å². The van der Waals surface area contributed by atoms with Crippen LogP contribution in [0.25, 0.3) is 0 Å². The normalized spacial score (nSPS) is 19.9. The molecule has 84 valence electrons. The molecule has 0 spiro atoms. The summed E-state index contributed by atoms with van der Waals surface area (Å²) in [6.45, 7) is 2.03. The van der Waals surface area contributed by atoms with E-state index in [0.717, 1.165) is 12.1 Å². The smallest absolute Gasteiger partial charge is 0.227 e. The summed E-state index contributed by atoms with van der Waals surface area (Å²) in [5.74, 6) is 0.149. The largest absolute Gasteiger partial charge is 0.329 e. The Morgan fingerprint density at radius 3 is 2.94 bits per heavy atom. The van der Waals surface area contributed by atoms with Crippen molar-refractivity contribution in [1.82, 2.24) is 0 Å². The van der Waals surface area contributed by atoms with E-state index in [4.69, 9.17) is 0 Å². The van der Waals surface area contributed by atoms with Crippen LogP contribution < -0.4 is 10.2 Å². The number of hydrogen-bond acceptors (Lipinski definition) is 2. The van der Waals surface area contributed by atoms with Gasteiger partial charge in [-0.2, -0.15) is 0 Å². The number of nitrogens with one attached hydrogen (secondary N) is 1. The van der Waals surface area contributed by atoms with E-state index in [2.05, 4.69) is 5.32 Å². The van der Waals surface area contributed by atoms with Crippen LogP contribution in [-0.4, -0.2) is 18.4 Å². The second-order valence-corrected chi connectivity index (χ2v) is 3.96. The molecule has 0 bridgehead atoms. The molecular weight excluding hydrogens is 204 g/mol. The summed E-state index contributed by atoms with van der Waals surface area (Å²) in [6.07, 6.45) is 2.13. The van der Waals surface area contributed by atoms with Gasteiger partial charge in [-0.05, 0) is 31.5 Å². The molecule has 1 heterocycles. The van der Waals surface area contributed by atoms with Crippen LogP contribution in [0, 0.1) is 0 Å². The first kappa shape index (κ1) is 10.7. The highest BCUT2D eigenvalue weighted by molar-refractivity contribution is 5.96. The molecule has 0 aliphatic carbocycles. The molecule has 1 unspecified atom stereocenters. The molecule has 1 aromatic rings. The number of hydrogen-bond donors (Lipinski definition) is 1. The van der Waals surface area contributed by atoms with E-state index in [0.29, 0.717) is 18.5 Å². The first-order valence-electron chi connectivity index (χ1n) is 5.34. The van der Waals surface area contributed by atoms with Gasteiger partial charge in [-0.3, -0.25) is 9.59 Å². The van der Waals surface area contributed by atoms with E-state index in [1.54, 1.807) is 11.0 Å². The second-order valence-electron chi connectivity index (χ2n) is 3.96. The molecule has 4 heteroatoms. The minimum atomic E-state index is 0.149. The fourth-order valence-corrected chi connectivity index (χ4v) is 2.04. The van der Waals surface area contributed by atoms with Gasteiger partial charge in [0.1, 0.15) is 0 Å². The van der Waals surface area contributed by atoms with Gasteiger partial charge in [0.25, 0.3) is 0 Å². The Morgan fingerprint density at radius 1 is 1.50 bits per heavy atom. The van der Waals surface area contributed by atoms with Gasteiger partial charge in [0.15, 0.2) is 0 Å². The maximum atomic E-state index is 11.7. The summed E-state index contributed by atoms with van der Waals surface area (Å²) in [7, 11) is 0. The third kappa shape index (κ3) is 1.91. The lowest BCUT2D eigenvalue weighted by atomic mass is 10.2. The molecule has 0 aromatic heterocycles. The Morgan fingerprint density at radius 2 is 2.31 bits per heavy atom. The van der Waals surface area contributed by atoms with Gasteiger partial charge in [0.2, 0.25) is 12.3 Å². The molecule has 16 heavy (non-hydrogen) atoms. The van der Waals surface area contributed by atoms with Crippen molar-refractivity contribution in [2.75, 3.05) is 10.2 Å². The van der Waals surface area contributed by atoms with E-state index in [1.165, 1.54) is 0 Å². The SMILES string of the molecule is CC1CCC(=O)N1c1cccc(NC=O)c1. The lowest BCUT2D eigenvalue weighted by Crippen LogP contribution is -2.30. The van der Waals surface area contributed by atoms with Crippen molar-refractivity contribution in [2.45, 2.75) is 25.8 Å². The van der Waals surface area contributed by atoms with Crippen molar-refractivity contribution in [3.63, 3.8) is 0 Å². The van der Waals surface area contributed by atoms with E-state index in [1.807, 2.05) is 25.1 Å². The van der Waals surface area contributed by atoms with Crippen LogP contribution >= 0.6 is 0 Å². The average Bonchev–Trinajstić information content (AvgIpc) is 2.59. The molecule has 1 saturated heterocycles. The first-order valence-corrected chi connectivity index (χ1v) is 5.34. The fourth-order valence-electron chi connectivity index (χ4n) is 2.04. The molecule has 1 fully saturated rings. The van der Waals surface area contributed by atoms with Gasteiger partial charge in [-0.15, -0.1) is 0 Å². The van der Waals surface area contributed by atoms with Gasteiger partial charge in [0.05, 0.1) is 0 Å². The number of amides is 2. The Bertz CT molecular complexity index is 417. The summed E-state index contributed by atoms with van der Waals surface area (Å²) in [4.78, 5) is 23.8. The zero-order chi connectivity index (χ0) is 11.5. The summed E-state index contributed by atoms with van der Waals surface area (Å²) >= 11 is 0. The quantitative estimate of drug-likeness (QED) is 0.786. The Kier molecular flexibility index (Phi) is 2.90. The third-order valence-electron chi connectivity index (χ3n) is 2.84. The monoisotopic (exact) mass is 218 g/mol. The molecular formula is C12H14N2O2. The predicted molar refractivity (Wildman–Crippen MR) is 62.3 cm³/mol. The van der Waals surface area contributed by atoms with Crippen molar-refractivity contribution in [3.8, 4) is 0 Å². The topological polar surface area (TPSA) is 49.4 Å². The standard InChI is InChI=1S/C12H14N2O2/c1-9-5-6-12(16)14(9)11-4-2-3-10(7-11)13-8-15/h2-4,7-9H,5-6H2,1H3,(H,13,15). The fraction of sp³-hybridized carbons (Fsp3) is 0.333. The lowest BCUT2D eigenvalue weighted by Gasteiger charge is -2.22. The molecule has 1 aliphatic rings. The number of rotatable bonds is 3. The van der Waals surface area contributed by atoms with E-state index in [9.17, 15) is 9.59 Å². The molecule has 0 radical (unpaired) electrons. The summed E-state index contributed by atoms with van der Waals surface area (Å²) in [5.41, 5.74) is 1.56. The Balaban J connectivity index is 2.28. The third-order valence-corrected chi connectivity index (χ3v) is 2.84. The van der Waals surface area contributed by atoms with E-state index >= 15 is 0 Å². The van der Waals surface area contributed by atoms with Crippen LogP contribution in [0.2, 0.25) is 0 Å². The van der Waals surface area contributed by atoms with Crippen molar-refractivity contribution >= 4 is 23.7 Å². The van der Waals surface area contributed by atoms with Crippen LogP contribution in [0.4, 0.5) is 11.4 Å². The highest BCUT2D eigenvalue weighted by Crippen LogP contribution is 2.28. The van der Waals surface area contributed by atoms with Crippen molar-refractivity contribution in [2.24, 2.45) is 0 Å². The molecule has 2 rings (SSSR count). The molecule has 1 atom stereocenters. The van der Waals surface area contributed by atoms with Crippen molar-refractivity contribution in [3.05, 3.63) is 24.3 Å². The van der Waals surface area contributed by atoms with Crippen molar-refractivity contribution < 1.29 is 9.59 Å². The van der Waals surface area contributed by atoms with Gasteiger partial charge < -0.3 is 10.2 Å². The van der Waals surface area contributed by atoms with Gasteiger partial charge >= 0.3 is 0 Å². The Hall–Kier alpha value is -1.84. The summed E-state index contributed by atoms with van der Waals surface area (Å²) in [6, 6.07) is 7.56. The molecule has 1 N–H and O–H groups in total. The maximum Gasteiger partial charge on any atom is 0.227 e. The number of carbonyl (C=O) groups is 2. The van der Waals surface area contributed by atoms with Crippen molar-refractivity contribution in [1.29, 1.82) is 0 Å². The maximum absolute atomic E-state index is 11.7. The summed E-state index contributed by atoms with van der Waals surface area (Å²) in [5, 5.41) is 2.58. The van der Waals surface area contributed by atoms with Crippen LogP contribution in [0.1, 0.15) is 19.8 Å². The number of nitrogens with zero attached hydrogens (tertiary/aromatic N) is 1. The van der Waals surface area contributed by atoms with Gasteiger partial charge in [0, 0.05) is 23.8 Å². The van der Waals surface area contributed by atoms with Crippen LogP contribution in [0.15, 0.2) is 24.3 Å². The van der Waals surface area contributed by atoms with Crippen LogP contribution in [0.3, 0.4) is 0 Å². The lowest BCUT2D eigenvalue weighted by molar-refractivity contribution is -0.117. The number of benzene rings is 1. The molecule has 0 saturated carbocycles. The minimum Gasteiger partial charge on any atom is -0.329 e. The highest BCUT2D eigenvalue weighted by Gasteiger charge is 2.28. The number of carbonyl (C=O) groups excluding carboxylic acids is 2. The van der Waals surface area contributed by atoms with Crippen LogP contribution in [0.5, 0.6) is 0 Å². The minimum absolute atomic E-state index is 0.149. The Labute approximate surface area is 94.2 Å². The molecule has 2 amide bonds. The van der Waals surface area contributed by atoms with E-state index < -0.39 is 0 Å². The second kappa shape index (κ2) is 4.35.